The van der Waals surface area contributed by atoms with Gasteiger partial charge in [-0.25, -0.2) is 0 Å². The van der Waals surface area contributed by atoms with Gasteiger partial charge < -0.3 is 85.7 Å². The van der Waals surface area contributed by atoms with E-state index in [9.17, 15) is 19.2 Å². The lowest BCUT2D eigenvalue weighted by atomic mass is 9.89. The molecule has 8 aromatic rings. The van der Waals surface area contributed by atoms with Gasteiger partial charge in [-0.15, -0.1) is 0 Å². The minimum Gasteiger partial charge on any atom is -0.496 e. The van der Waals surface area contributed by atoms with Crippen LogP contribution in [0.25, 0.3) is 0 Å². The average Bonchev–Trinajstić information content (AvgIpc) is 0.786. The second kappa shape index (κ2) is 35.8. The Balaban J connectivity index is 1.23. The molecule has 10 N–H and O–H groups in total. The molecular weight excluding hydrogens is 1330 g/mol. The fraction of sp³-hybridized carbons (Fsp3) is 0.333. The number of benzene rings is 8. The van der Waals surface area contributed by atoms with Gasteiger partial charge in [-0.1, -0.05) is 92.7 Å². The number of nitrogens with one attached hydrogen (secondary N) is 2. The van der Waals surface area contributed by atoms with Crippen molar-refractivity contribution in [2.45, 2.75) is 78.1 Å². The van der Waals surface area contributed by atoms with Crippen LogP contribution in [0.2, 0.25) is 0 Å². The maximum Gasteiger partial charge on any atom is 0.319 e. The van der Waals surface area contributed by atoms with E-state index in [0.29, 0.717) is 146 Å². The van der Waals surface area contributed by atoms with Crippen molar-refractivity contribution in [3.63, 3.8) is 0 Å². The molecule has 0 radical (unpaired) electrons. The Hall–Kier alpha value is -11.0. The third-order valence-electron chi connectivity index (χ3n) is 17.8. The monoisotopic (exact) mass is 1420 g/mol. The molecule has 2 aliphatic carbocycles. The van der Waals surface area contributed by atoms with E-state index in [1.165, 1.54) is 0 Å². The lowest BCUT2D eigenvalue weighted by molar-refractivity contribution is -0.143. The van der Waals surface area contributed by atoms with E-state index >= 15 is 9.59 Å². The molecule has 20 bridgehead atoms. The van der Waals surface area contributed by atoms with Crippen molar-refractivity contribution in [3.8, 4) is 40.2 Å². The first-order chi connectivity index (χ1) is 50.7. The van der Waals surface area contributed by atoms with Gasteiger partial charge in [0.25, 0.3) is 11.8 Å². The molecule has 12 rings (SSSR count). The molecule has 0 saturated heterocycles. The van der Waals surface area contributed by atoms with Crippen molar-refractivity contribution in [1.29, 1.82) is 0 Å². The largest absolute Gasteiger partial charge is 0.496 e. The van der Waals surface area contributed by atoms with Crippen LogP contribution in [0.15, 0.2) is 127 Å². The zero-order chi connectivity index (χ0) is 73.1. The number of carbonyl (C=O) groups is 6. The minimum absolute atomic E-state index is 0.0670. The van der Waals surface area contributed by atoms with E-state index in [1.54, 1.807) is 7.11 Å². The highest BCUT2D eigenvalue weighted by Crippen LogP contribution is 2.44. The number of anilines is 2. The Bertz CT molecular complexity index is 4120. The predicted molar refractivity (Wildman–Crippen MR) is 390 cm³/mol. The van der Waals surface area contributed by atoms with Gasteiger partial charge in [-0.05, 0) is 128 Å². The second-order valence-corrected chi connectivity index (χ2v) is 25.3. The van der Waals surface area contributed by atoms with Crippen LogP contribution < -0.4 is 66.7 Å². The zero-order valence-electron chi connectivity index (χ0n) is 58.8. The third-order valence-corrected chi connectivity index (χ3v) is 17.8. The number of methoxy groups -OCH3 is 1. The third kappa shape index (κ3) is 18.6. The number of hydrogen-bond donors (Lipinski definition) is 6. The van der Waals surface area contributed by atoms with E-state index in [1.807, 2.05) is 123 Å². The standard InChI is InChI=1S/C81H88N6O17/c1-4-18-99-76-57-29-49-10-6-11-50(28-49)30-58-38-66-40-60(77(58)100-19-5-2)32-52-13-7-12-51(73(52)94-3)31-59(76)39-65(37-57)80(92)86-67-41-61-33-53-14-8-16-55(74(53)101-24-20-95-69(88)45-82)35-63-43-68(87-81(66)93)44-64(79(63)104-27-23-98-72(91)48-85)36-56-17-9-15-54(75(56)102-25-21-96-70(89)46-83)34-62(42-67)78(61)103-26-22-97-71(90)47-84/h6-17,28,37-44H,4-5,18-27,29-36,45-48,82-85H2,1-3H3,(H,86,92)(H,87,93). The smallest absolute Gasteiger partial charge is 0.319 e. The fourth-order valence-corrected chi connectivity index (χ4v) is 13.4. The number of esters is 4. The number of nitrogens with two attached hydrogens (primary N) is 4. The summed E-state index contributed by atoms with van der Waals surface area (Å²) in [5, 5.41) is 6.65. The summed E-state index contributed by atoms with van der Waals surface area (Å²) in [6.07, 6.45) is 2.98. The number of hydrogen-bond acceptors (Lipinski definition) is 21. The van der Waals surface area contributed by atoms with Gasteiger partial charge in [0.1, 0.15) is 93.1 Å². The first kappa shape index (κ1) is 74.2. The van der Waals surface area contributed by atoms with Crippen molar-refractivity contribution in [3.05, 3.63) is 228 Å². The van der Waals surface area contributed by atoms with Crippen molar-refractivity contribution in [2.75, 3.05) is 110 Å². The maximum absolute atomic E-state index is 15.8. The number of amides is 2. The topological polar surface area (TPSA) is 332 Å². The molecule has 0 spiro atoms. The van der Waals surface area contributed by atoms with Crippen LogP contribution in [-0.4, -0.2) is 135 Å². The number of carbonyl (C=O) groups excluding carboxylic acids is 6. The first-order valence-electron chi connectivity index (χ1n) is 35.1. The lowest BCUT2D eigenvalue weighted by Crippen LogP contribution is -2.21. The summed E-state index contributed by atoms with van der Waals surface area (Å²) in [5.41, 5.74) is 35.4. The van der Waals surface area contributed by atoms with Crippen LogP contribution in [0.3, 0.4) is 0 Å². The summed E-state index contributed by atoms with van der Waals surface area (Å²) in [7, 11) is 1.64. The Labute approximate surface area is 604 Å². The Morgan fingerprint density at radius 2 is 0.567 bits per heavy atom. The Kier molecular flexibility index (Phi) is 25.5. The molecule has 0 fully saturated rings. The van der Waals surface area contributed by atoms with E-state index in [0.717, 1.165) is 44.5 Å². The van der Waals surface area contributed by atoms with Crippen LogP contribution in [0.4, 0.5) is 11.4 Å². The van der Waals surface area contributed by atoms with Crippen molar-refractivity contribution < 1.29 is 80.9 Å². The highest BCUT2D eigenvalue weighted by atomic mass is 16.6. The summed E-state index contributed by atoms with van der Waals surface area (Å²) >= 11 is 0. The van der Waals surface area contributed by atoms with Crippen LogP contribution in [0.5, 0.6) is 40.2 Å². The molecule has 2 aliphatic heterocycles. The SMILES string of the molecule is CCCOc1c2cc3cc1Cc1cccc(c1OC)Cc1cc(cc(c1OCCC)Cc1cccc(c1)C2)C(=O)Nc1cc2c(OCCOC(=O)CN)c(c1)Cc1cccc(c1OCCOC(=O)CN)Cc1cc(cc(c1OCCOC(=O)CN)Cc1cccc(c1OCCOC(=O)CN)C2)NC3=O. The van der Waals surface area contributed by atoms with Gasteiger partial charge in [-0.2, -0.15) is 0 Å². The Morgan fingerprint density at radius 1 is 0.317 bits per heavy atom. The molecule has 2 heterocycles. The van der Waals surface area contributed by atoms with Crippen LogP contribution in [-0.2, 0) is 89.5 Å². The van der Waals surface area contributed by atoms with E-state index < -0.39 is 35.7 Å². The van der Waals surface area contributed by atoms with Gasteiger partial charge in [0.2, 0.25) is 0 Å². The van der Waals surface area contributed by atoms with E-state index in [-0.39, 0.29) is 118 Å². The normalized spacial score (nSPS) is 12.8. The summed E-state index contributed by atoms with van der Waals surface area (Å²) in [4.78, 5) is 81.8. The maximum atomic E-state index is 15.8. The van der Waals surface area contributed by atoms with Gasteiger partial charge in [0.05, 0.1) is 46.5 Å². The number of ether oxygens (including phenoxy) is 11. The van der Waals surface area contributed by atoms with Gasteiger partial charge >= 0.3 is 23.9 Å². The number of fused-ring (bicyclic) bond motifs is 2. The second-order valence-electron chi connectivity index (χ2n) is 25.3. The summed E-state index contributed by atoms with van der Waals surface area (Å²) in [5.74, 6) is 0.0326. The van der Waals surface area contributed by atoms with Crippen LogP contribution in [0.1, 0.15) is 136 Å². The van der Waals surface area contributed by atoms with E-state index in [2.05, 4.69) is 28.8 Å². The molecule has 104 heavy (non-hydrogen) atoms. The average molecular weight is 1420 g/mol. The first-order valence-corrected chi connectivity index (χ1v) is 35.1. The van der Waals surface area contributed by atoms with Crippen LogP contribution >= 0.6 is 0 Å². The van der Waals surface area contributed by atoms with Crippen molar-refractivity contribution in [2.24, 2.45) is 22.9 Å². The quantitative estimate of drug-likeness (QED) is 0.0159. The minimum atomic E-state index is -0.635. The molecule has 0 aromatic heterocycles. The van der Waals surface area contributed by atoms with Crippen molar-refractivity contribution >= 4 is 47.1 Å². The van der Waals surface area contributed by atoms with E-state index in [4.69, 9.17) is 75.0 Å². The molecule has 8 aromatic carbocycles. The van der Waals surface area contributed by atoms with Crippen molar-refractivity contribution in [1.82, 2.24) is 0 Å². The van der Waals surface area contributed by atoms with Gasteiger partial charge in [0.15, 0.2) is 0 Å². The summed E-state index contributed by atoms with van der Waals surface area (Å²) in [6.45, 7) is 2.33. The van der Waals surface area contributed by atoms with Gasteiger partial charge in [-0.3, -0.25) is 28.8 Å². The molecular formula is C81H88N6O17. The number of para-hydroxylation sites is 3. The highest BCUT2D eigenvalue weighted by molar-refractivity contribution is 6.06. The molecule has 0 atom stereocenters. The zero-order valence-corrected chi connectivity index (χ0v) is 58.8. The predicted octanol–water partition coefficient (Wildman–Crippen LogP) is 8.97. The fourth-order valence-electron chi connectivity index (χ4n) is 13.4. The molecule has 23 heteroatoms. The molecule has 23 nitrogen and oxygen atoms in total. The highest BCUT2D eigenvalue weighted by Gasteiger charge is 2.28. The van der Waals surface area contributed by atoms with Crippen LogP contribution in [0, 0.1) is 0 Å². The number of rotatable bonds is 27. The summed E-state index contributed by atoms with van der Waals surface area (Å²) < 4.78 is 69.2. The molecule has 4 aliphatic rings. The molecule has 544 valence electrons. The summed E-state index contributed by atoms with van der Waals surface area (Å²) in [6, 6.07) is 40.4. The lowest BCUT2D eigenvalue weighted by Gasteiger charge is -2.24. The molecule has 0 unspecified atom stereocenters. The molecule has 0 saturated carbocycles. The Morgan fingerprint density at radius 3 is 0.846 bits per heavy atom. The van der Waals surface area contributed by atoms with Gasteiger partial charge in [0, 0.05) is 96.1 Å². The molecule has 2 amide bonds.